The van der Waals surface area contributed by atoms with Gasteiger partial charge in [-0.3, -0.25) is 0 Å². The molecule has 16 heavy (non-hydrogen) atoms. The van der Waals surface area contributed by atoms with Gasteiger partial charge in [0.05, 0.1) is 18.2 Å². The Morgan fingerprint density at radius 2 is 2.19 bits per heavy atom. The first kappa shape index (κ1) is 10.4. The first-order chi connectivity index (χ1) is 7.90. The van der Waals surface area contributed by atoms with Gasteiger partial charge in [0, 0.05) is 18.9 Å². The van der Waals surface area contributed by atoms with Crippen LogP contribution in [0.4, 0.5) is 0 Å². The molecular weight excluding hydrogens is 200 g/mol. The highest BCUT2D eigenvalue weighted by Crippen LogP contribution is 2.06. The number of nitriles is 1. The minimum atomic E-state index is 0.671. The van der Waals surface area contributed by atoms with Crippen molar-refractivity contribution < 1.29 is 0 Å². The van der Waals surface area contributed by atoms with Crippen LogP contribution in [0.25, 0.3) is 0 Å². The van der Waals surface area contributed by atoms with Gasteiger partial charge in [-0.05, 0) is 11.6 Å². The molecule has 0 unspecified atom stereocenters. The number of hydrogen-bond acceptors (Lipinski definition) is 3. The molecule has 0 bridgehead atoms. The standard InChI is InChI=1S/C12H12N4/c13-7-10-3-1-2-4-11(10)8-14-9-12-15-5-6-16-12/h1-6,14H,8-9H2,(H,15,16). The Balaban J connectivity index is 1.93. The summed E-state index contributed by atoms with van der Waals surface area (Å²) in [7, 11) is 0. The third-order valence-corrected chi connectivity index (χ3v) is 2.30. The average Bonchev–Trinajstić information content (AvgIpc) is 2.83. The lowest BCUT2D eigenvalue weighted by atomic mass is 10.1. The van der Waals surface area contributed by atoms with Crippen LogP contribution in [0.1, 0.15) is 17.0 Å². The van der Waals surface area contributed by atoms with E-state index in [0.29, 0.717) is 13.1 Å². The van der Waals surface area contributed by atoms with E-state index in [2.05, 4.69) is 21.4 Å². The second-order valence-corrected chi connectivity index (χ2v) is 3.41. The normalized spacial score (nSPS) is 9.94. The fourth-order valence-electron chi connectivity index (χ4n) is 1.49. The Bertz CT molecular complexity index is 482. The van der Waals surface area contributed by atoms with Crippen molar-refractivity contribution in [3.63, 3.8) is 0 Å². The van der Waals surface area contributed by atoms with Crippen LogP contribution < -0.4 is 5.32 Å². The maximum atomic E-state index is 8.91. The molecule has 1 heterocycles. The quantitative estimate of drug-likeness (QED) is 0.808. The first-order valence-electron chi connectivity index (χ1n) is 5.07. The van der Waals surface area contributed by atoms with E-state index >= 15 is 0 Å². The lowest BCUT2D eigenvalue weighted by Crippen LogP contribution is -2.14. The molecule has 0 aliphatic heterocycles. The summed E-state index contributed by atoms with van der Waals surface area (Å²) >= 11 is 0. The highest BCUT2D eigenvalue weighted by Gasteiger charge is 2.00. The van der Waals surface area contributed by atoms with E-state index in [9.17, 15) is 0 Å². The van der Waals surface area contributed by atoms with Crippen molar-refractivity contribution in [2.24, 2.45) is 0 Å². The van der Waals surface area contributed by atoms with Gasteiger partial charge in [0.2, 0.25) is 0 Å². The molecule has 80 valence electrons. The minimum Gasteiger partial charge on any atom is -0.348 e. The Labute approximate surface area is 94.0 Å². The summed E-state index contributed by atoms with van der Waals surface area (Å²) in [6.45, 7) is 1.34. The molecule has 0 saturated carbocycles. The average molecular weight is 212 g/mol. The predicted octanol–water partition coefficient (Wildman–Crippen LogP) is 1.57. The SMILES string of the molecule is N#Cc1ccccc1CNCc1ncc[nH]1. The number of aromatic nitrogens is 2. The van der Waals surface area contributed by atoms with E-state index < -0.39 is 0 Å². The lowest BCUT2D eigenvalue weighted by Gasteiger charge is -2.04. The number of imidazole rings is 1. The van der Waals surface area contributed by atoms with Crippen molar-refractivity contribution in [2.45, 2.75) is 13.1 Å². The Morgan fingerprint density at radius 3 is 2.94 bits per heavy atom. The van der Waals surface area contributed by atoms with Crippen LogP contribution in [-0.4, -0.2) is 9.97 Å². The van der Waals surface area contributed by atoms with Gasteiger partial charge in [-0.1, -0.05) is 18.2 Å². The van der Waals surface area contributed by atoms with Crippen molar-refractivity contribution in [2.75, 3.05) is 0 Å². The van der Waals surface area contributed by atoms with Crippen LogP contribution >= 0.6 is 0 Å². The van der Waals surface area contributed by atoms with Gasteiger partial charge in [0.15, 0.2) is 0 Å². The van der Waals surface area contributed by atoms with Crippen molar-refractivity contribution in [3.8, 4) is 6.07 Å². The molecule has 2 rings (SSSR count). The van der Waals surface area contributed by atoms with Crippen LogP contribution in [0.2, 0.25) is 0 Å². The number of nitrogens with zero attached hydrogens (tertiary/aromatic N) is 2. The topological polar surface area (TPSA) is 64.5 Å². The van der Waals surface area contributed by atoms with E-state index in [1.54, 1.807) is 12.4 Å². The van der Waals surface area contributed by atoms with Crippen LogP contribution in [-0.2, 0) is 13.1 Å². The molecule has 0 aliphatic carbocycles. The highest BCUT2D eigenvalue weighted by molar-refractivity contribution is 5.37. The maximum Gasteiger partial charge on any atom is 0.120 e. The Kier molecular flexibility index (Phi) is 3.31. The zero-order chi connectivity index (χ0) is 11.2. The monoisotopic (exact) mass is 212 g/mol. The molecule has 1 aromatic heterocycles. The van der Waals surface area contributed by atoms with E-state index in [0.717, 1.165) is 17.0 Å². The van der Waals surface area contributed by atoms with Crippen LogP contribution in [0.5, 0.6) is 0 Å². The summed E-state index contributed by atoms with van der Waals surface area (Å²) in [5, 5.41) is 12.1. The molecule has 4 heteroatoms. The Hall–Kier alpha value is -2.12. The molecule has 0 aliphatic rings. The molecule has 4 nitrogen and oxygen atoms in total. The highest BCUT2D eigenvalue weighted by atomic mass is 15.0. The lowest BCUT2D eigenvalue weighted by molar-refractivity contribution is 0.668. The van der Waals surface area contributed by atoms with Gasteiger partial charge >= 0.3 is 0 Å². The summed E-state index contributed by atoms with van der Waals surface area (Å²) < 4.78 is 0. The first-order valence-corrected chi connectivity index (χ1v) is 5.07. The largest absolute Gasteiger partial charge is 0.348 e. The minimum absolute atomic E-state index is 0.671. The van der Waals surface area contributed by atoms with Gasteiger partial charge in [0.1, 0.15) is 5.82 Å². The second kappa shape index (κ2) is 5.10. The predicted molar refractivity (Wildman–Crippen MR) is 60.3 cm³/mol. The van der Waals surface area contributed by atoms with Gasteiger partial charge in [0.25, 0.3) is 0 Å². The number of H-pyrrole nitrogens is 1. The van der Waals surface area contributed by atoms with Crippen molar-refractivity contribution >= 4 is 0 Å². The molecule has 0 spiro atoms. The number of benzene rings is 1. The van der Waals surface area contributed by atoms with Crippen molar-refractivity contribution in [1.82, 2.24) is 15.3 Å². The van der Waals surface area contributed by atoms with E-state index in [1.165, 1.54) is 0 Å². The summed E-state index contributed by atoms with van der Waals surface area (Å²) in [5.41, 5.74) is 1.73. The molecule has 2 aromatic rings. The van der Waals surface area contributed by atoms with E-state index in [4.69, 9.17) is 5.26 Å². The molecule has 0 amide bonds. The zero-order valence-electron chi connectivity index (χ0n) is 8.77. The third-order valence-electron chi connectivity index (χ3n) is 2.30. The van der Waals surface area contributed by atoms with Gasteiger partial charge in [-0.25, -0.2) is 4.98 Å². The van der Waals surface area contributed by atoms with E-state index in [-0.39, 0.29) is 0 Å². The molecule has 0 saturated heterocycles. The zero-order valence-corrected chi connectivity index (χ0v) is 8.77. The second-order valence-electron chi connectivity index (χ2n) is 3.41. The third kappa shape index (κ3) is 2.47. The van der Waals surface area contributed by atoms with Crippen LogP contribution in [0, 0.1) is 11.3 Å². The van der Waals surface area contributed by atoms with Gasteiger partial charge in [-0.15, -0.1) is 0 Å². The number of hydrogen-bond donors (Lipinski definition) is 2. The van der Waals surface area contributed by atoms with Crippen molar-refractivity contribution in [1.29, 1.82) is 5.26 Å². The molecule has 2 N–H and O–H groups in total. The molecule has 0 atom stereocenters. The van der Waals surface area contributed by atoms with Crippen molar-refractivity contribution in [3.05, 3.63) is 53.6 Å². The van der Waals surface area contributed by atoms with E-state index in [1.807, 2.05) is 24.3 Å². The smallest absolute Gasteiger partial charge is 0.120 e. The molecule has 1 aromatic carbocycles. The molecule has 0 radical (unpaired) electrons. The van der Waals surface area contributed by atoms with Crippen LogP contribution in [0.15, 0.2) is 36.7 Å². The number of aromatic amines is 1. The van der Waals surface area contributed by atoms with Gasteiger partial charge < -0.3 is 10.3 Å². The summed E-state index contributed by atoms with van der Waals surface area (Å²) in [6.07, 6.45) is 3.51. The van der Waals surface area contributed by atoms with Crippen LogP contribution in [0.3, 0.4) is 0 Å². The number of rotatable bonds is 4. The maximum absolute atomic E-state index is 8.91. The summed E-state index contributed by atoms with van der Waals surface area (Å²) in [6, 6.07) is 9.76. The fraction of sp³-hybridized carbons (Fsp3) is 0.167. The fourth-order valence-corrected chi connectivity index (χ4v) is 1.49. The molecular formula is C12H12N4. The molecule has 0 fully saturated rings. The van der Waals surface area contributed by atoms with Gasteiger partial charge in [-0.2, -0.15) is 5.26 Å². The summed E-state index contributed by atoms with van der Waals surface area (Å²) in [4.78, 5) is 7.12. The Morgan fingerprint density at radius 1 is 1.31 bits per heavy atom. The summed E-state index contributed by atoms with van der Waals surface area (Å²) in [5.74, 6) is 0.898. The number of nitrogens with one attached hydrogen (secondary N) is 2.